The Labute approximate surface area is 183 Å². The maximum absolute atomic E-state index is 11.4. The predicted molar refractivity (Wildman–Crippen MR) is 123 cm³/mol. The zero-order valence-electron chi connectivity index (χ0n) is 17.1. The lowest BCUT2D eigenvalue weighted by Crippen LogP contribution is -2.42. The number of hydrogen-bond donors (Lipinski definition) is 4. The van der Waals surface area contributed by atoms with Crippen LogP contribution in [0.15, 0.2) is 64.6 Å². The molecule has 0 bridgehead atoms. The third kappa shape index (κ3) is 3.50. The van der Waals surface area contributed by atoms with Gasteiger partial charge in [0.25, 0.3) is 0 Å². The van der Waals surface area contributed by atoms with Crippen LogP contribution in [0.2, 0.25) is 0 Å². The van der Waals surface area contributed by atoms with Gasteiger partial charge in [-0.1, -0.05) is 30.3 Å². The number of rotatable bonds is 7. The predicted octanol–water partition coefficient (Wildman–Crippen LogP) is 5.13. The molecule has 1 unspecified atom stereocenters. The lowest BCUT2D eigenvalue weighted by molar-refractivity contribution is -0.00491. The number of aromatic amines is 1. The van der Waals surface area contributed by atoms with Crippen molar-refractivity contribution in [3.63, 3.8) is 0 Å². The third-order valence-electron chi connectivity index (χ3n) is 5.79. The van der Waals surface area contributed by atoms with Gasteiger partial charge in [-0.25, -0.2) is 0 Å². The lowest BCUT2D eigenvalue weighted by atomic mass is 9.95. The van der Waals surface area contributed by atoms with Gasteiger partial charge in [-0.3, -0.25) is 5.32 Å². The van der Waals surface area contributed by atoms with Crippen LogP contribution < -0.4 is 5.32 Å². The maximum atomic E-state index is 11.4. The standard InChI is InChI=1S/C24H23N3O3S/c1-2-24(29,26-11-9-16-14-25-19-6-4-3-5-17(16)19)18-13-15(7-8-20(18)28)22-23-21(30-27-22)10-12-31-23/h3-8,10,12-14,25-26,28-29H,2,9,11H2,1H3. The van der Waals surface area contributed by atoms with Crippen molar-refractivity contribution in [2.45, 2.75) is 25.5 Å². The van der Waals surface area contributed by atoms with E-state index in [1.54, 1.807) is 29.5 Å². The van der Waals surface area contributed by atoms with Crippen LogP contribution in [-0.2, 0) is 12.1 Å². The summed E-state index contributed by atoms with van der Waals surface area (Å²) >= 11 is 1.55. The molecule has 3 aromatic heterocycles. The second kappa shape index (κ2) is 7.85. The molecule has 0 amide bonds. The molecule has 6 nitrogen and oxygen atoms in total. The van der Waals surface area contributed by atoms with Crippen LogP contribution in [-0.4, -0.2) is 26.9 Å². The SMILES string of the molecule is CCC(O)(NCCc1c[nH]c2ccccc12)c1cc(-c2noc3ccsc23)ccc1O. The first kappa shape index (κ1) is 19.8. The summed E-state index contributed by atoms with van der Waals surface area (Å²) in [5, 5.41) is 32.5. The number of thiophene rings is 1. The van der Waals surface area contributed by atoms with Crippen LogP contribution in [0.4, 0.5) is 0 Å². The first-order chi connectivity index (χ1) is 15.1. The molecule has 158 valence electrons. The number of fused-ring (bicyclic) bond motifs is 2. The number of para-hydroxylation sites is 1. The summed E-state index contributed by atoms with van der Waals surface area (Å²) in [5.74, 6) is 0.0404. The van der Waals surface area contributed by atoms with Crippen molar-refractivity contribution in [1.82, 2.24) is 15.5 Å². The molecular formula is C24H23N3O3S. The van der Waals surface area contributed by atoms with Crippen LogP contribution in [0, 0.1) is 0 Å². The smallest absolute Gasteiger partial charge is 0.178 e. The molecule has 0 fully saturated rings. The van der Waals surface area contributed by atoms with Crippen LogP contribution in [0.1, 0.15) is 24.5 Å². The average Bonchev–Trinajstić information content (AvgIpc) is 3.50. The van der Waals surface area contributed by atoms with E-state index in [1.165, 1.54) is 10.9 Å². The Morgan fingerprint density at radius 3 is 2.94 bits per heavy atom. The van der Waals surface area contributed by atoms with E-state index in [0.717, 1.165) is 27.8 Å². The molecule has 0 radical (unpaired) electrons. The second-order valence-electron chi connectivity index (χ2n) is 7.63. The molecule has 5 rings (SSSR count). The molecule has 0 spiro atoms. The summed E-state index contributed by atoms with van der Waals surface area (Å²) in [7, 11) is 0. The highest BCUT2D eigenvalue weighted by Gasteiger charge is 2.30. The highest BCUT2D eigenvalue weighted by molar-refractivity contribution is 7.17. The van der Waals surface area contributed by atoms with Crippen LogP contribution >= 0.6 is 11.3 Å². The zero-order chi connectivity index (χ0) is 21.4. The number of phenols is 1. The maximum Gasteiger partial charge on any atom is 0.178 e. The van der Waals surface area contributed by atoms with Gasteiger partial charge in [0.2, 0.25) is 0 Å². The van der Waals surface area contributed by atoms with Crippen molar-refractivity contribution in [3.8, 4) is 17.0 Å². The Balaban J connectivity index is 1.40. The third-order valence-corrected chi connectivity index (χ3v) is 6.70. The Bertz CT molecular complexity index is 1350. The number of H-pyrrole nitrogens is 1. The van der Waals surface area contributed by atoms with Crippen LogP contribution in [0.25, 0.3) is 32.4 Å². The average molecular weight is 434 g/mol. The summed E-state index contributed by atoms with van der Waals surface area (Å²) in [6.45, 7) is 2.44. The van der Waals surface area contributed by atoms with Crippen LogP contribution in [0.5, 0.6) is 5.75 Å². The molecule has 2 aromatic carbocycles. The summed E-state index contributed by atoms with van der Waals surface area (Å²) in [6, 6.07) is 15.2. The van der Waals surface area contributed by atoms with Gasteiger partial charge in [0.05, 0.1) is 0 Å². The molecular weight excluding hydrogens is 410 g/mol. The van der Waals surface area contributed by atoms with E-state index in [4.69, 9.17) is 4.52 Å². The number of benzene rings is 2. The molecule has 1 atom stereocenters. The molecule has 0 aliphatic heterocycles. The van der Waals surface area contributed by atoms with Gasteiger partial charge in [0.15, 0.2) is 5.58 Å². The van der Waals surface area contributed by atoms with E-state index in [2.05, 4.69) is 21.5 Å². The van der Waals surface area contributed by atoms with Gasteiger partial charge in [0.1, 0.15) is 21.9 Å². The lowest BCUT2D eigenvalue weighted by Gasteiger charge is -2.30. The molecule has 4 N–H and O–H groups in total. The highest BCUT2D eigenvalue weighted by Crippen LogP contribution is 2.37. The zero-order valence-corrected chi connectivity index (χ0v) is 17.9. The molecule has 0 aliphatic carbocycles. The minimum Gasteiger partial charge on any atom is -0.508 e. The minimum atomic E-state index is -1.37. The molecule has 5 aromatic rings. The quantitative estimate of drug-likeness (QED) is 0.267. The number of aromatic hydroxyl groups is 1. The van der Waals surface area contributed by atoms with Crippen molar-refractivity contribution >= 4 is 32.5 Å². The van der Waals surface area contributed by atoms with Crippen molar-refractivity contribution in [2.24, 2.45) is 0 Å². The fourth-order valence-corrected chi connectivity index (χ4v) is 4.85. The Morgan fingerprint density at radius 1 is 1.19 bits per heavy atom. The number of aliphatic hydroxyl groups is 1. The highest BCUT2D eigenvalue weighted by atomic mass is 32.1. The summed E-state index contributed by atoms with van der Waals surface area (Å²) < 4.78 is 6.33. The monoisotopic (exact) mass is 433 g/mol. The van der Waals surface area contributed by atoms with Gasteiger partial charge in [-0.15, -0.1) is 11.3 Å². The fourth-order valence-electron chi connectivity index (χ4n) is 4.03. The summed E-state index contributed by atoms with van der Waals surface area (Å²) in [4.78, 5) is 3.28. The first-order valence-corrected chi connectivity index (χ1v) is 11.2. The Hall–Kier alpha value is -3.13. The van der Waals surface area contributed by atoms with Gasteiger partial charge in [-0.2, -0.15) is 0 Å². The fraction of sp³-hybridized carbons (Fsp3) is 0.208. The van der Waals surface area contributed by atoms with Crippen molar-refractivity contribution < 1.29 is 14.7 Å². The van der Waals surface area contributed by atoms with Crippen molar-refractivity contribution in [2.75, 3.05) is 6.54 Å². The summed E-state index contributed by atoms with van der Waals surface area (Å²) in [6.07, 6.45) is 3.14. The number of nitrogens with zero attached hydrogens (tertiary/aromatic N) is 1. The summed E-state index contributed by atoms with van der Waals surface area (Å²) in [5.41, 5.74) is 3.58. The molecule has 0 saturated heterocycles. The molecule has 31 heavy (non-hydrogen) atoms. The minimum absolute atomic E-state index is 0.0404. The normalized spacial score (nSPS) is 13.7. The van der Waals surface area contributed by atoms with Gasteiger partial charge in [-0.05, 0) is 54.1 Å². The number of nitrogens with one attached hydrogen (secondary N) is 2. The van der Waals surface area contributed by atoms with Gasteiger partial charge >= 0.3 is 0 Å². The Morgan fingerprint density at radius 2 is 2.06 bits per heavy atom. The Kier molecular flexibility index (Phi) is 5.02. The van der Waals surface area contributed by atoms with E-state index >= 15 is 0 Å². The number of hydrogen-bond acceptors (Lipinski definition) is 6. The largest absolute Gasteiger partial charge is 0.508 e. The second-order valence-corrected chi connectivity index (χ2v) is 8.54. The topological polar surface area (TPSA) is 94.3 Å². The van der Waals surface area contributed by atoms with E-state index in [-0.39, 0.29) is 5.75 Å². The molecule has 0 aliphatic rings. The van der Waals surface area contributed by atoms with E-state index < -0.39 is 5.72 Å². The molecule has 3 heterocycles. The molecule has 0 saturated carbocycles. The number of phenolic OH excluding ortho intramolecular Hbond substituents is 1. The van der Waals surface area contributed by atoms with E-state index in [9.17, 15) is 10.2 Å². The van der Waals surface area contributed by atoms with E-state index in [1.807, 2.05) is 42.8 Å². The van der Waals surface area contributed by atoms with Gasteiger partial charge < -0.3 is 19.7 Å². The van der Waals surface area contributed by atoms with Crippen molar-refractivity contribution in [3.05, 3.63) is 71.2 Å². The van der Waals surface area contributed by atoms with E-state index in [0.29, 0.717) is 24.2 Å². The van der Waals surface area contributed by atoms with Crippen LogP contribution in [0.3, 0.4) is 0 Å². The molecule has 7 heteroatoms. The number of aromatic nitrogens is 2. The van der Waals surface area contributed by atoms with Crippen molar-refractivity contribution in [1.29, 1.82) is 0 Å². The first-order valence-electron chi connectivity index (χ1n) is 10.3. The van der Waals surface area contributed by atoms with Gasteiger partial charge in [0, 0.05) is 34.8 Å².